The van der Waals surface area contributed by atoms with E-state index in [4.69, 9.17) is 0 Å². The number of aromatic nitrogens is 3. The number of nitrogens with zero attached hydrogens (tertiary/aromatic N) is 3. The highest BCUT2D eigenvalue weighted by molar-refractivity contribution is 7.89. The van der Waals surface area contributed by atoms with E-state index < -0.39 is 26.6 Å². The summed E-state index contributed by atoms with van der Waals surface area (Å²) in [5, 5.41) is 6.87. The summed E-state index contributed by atoms with van der Waals surface area (Å²) >= 11 is 0. The number of nitrogens with one attached hydrogen (secondary N) is 1. The molecule has 3 rings (SSSR count). The van der Waals surface area contributed by atoms with Crippen LogP contribution in [0.4, 0.5) is 8.78 Å². The van der Waals surface area contributed by atoms with Crippen LogP contribution in [0.2, 0.25) is 0 Å². The molecule has 1 fully saturated rings. The third-order valence-corrected chi connectivity index (χ3v) is 5.88. The molecule has 124 valence electrons. The minimum absolute atomic E-state index is 0.0736. The van der Waals surface area contributed by atoms with E-state index in [0.29, 0.717) is 30.6 Å². The van der Waals surface area contributed by atoms with Crippen molar-refractivity contribution in [3.63, 3.8) is 0 Å². The Morgan fingerprint density at radius 2 is 1.96 bits per heavy atom. The van der Waals surface area contributed by atoms with Crippen LogP contribution in [0, 0.1) is 18.6 Å². The van der Waals surface area contributed by atoms with Gasteiger partial charge in [-0.15, -0.1) is 0 Å². The van der Waals surface area contributed by atoms with Crippen LogP contribution in [-0.2, 0) is 10.0 Å². The average molecular weight is 342 g/mol. The highest BCUT2D eigenvalue weighted by Crippen LogP contribution is 2.29. The first-order valence-corrected chi connectivity index (χ1v) is 8.66. The third-order valence-electron chi connectivity index (χ3n) is 3.95. The second-order valence-electron chi connectivity index (χ2n) is 5.53. The normalized spacial score (nSPS) is 17.5. The number of piperidine rings is 1. The molecule has 1 aliphatic rings. The van der Waals surface area contributed by atoms with Gasteiger partial charge < -0.3 is 0 Å². The Hall–Kier alpha value is -1.87. The summed E-state index contributed by atoms with van der Waals surface area (Å²) in [5.41, 5.74) is 0. The lowest BCUT2D eigenvalue weighted by Crippen LogP contribution is -2.38. The third kappa shape index (κ3) is 3.11. The van der Waals surface area contributed by atoms with Gasteiger partial charge in [-0.25, -0.2) is 22.2 Å². The molecule has 2 aromatic rings. The van der Waals surface area contributed by atoms with E-state index in [1.54, 1.807) is 6.92 Å². The molecule has 6 nitrogen and oxygen atoms in total. The predicted octanol–water partition coefficient (Wildman–Crippen LogP) is 1.96. The summed E-state index contributed by atoms with van der Waals surface area (Å²) in [6.45, 7) is 2.29. The number of hydrogen-bond acceptors (Lipinski definition) is 4. The number of rotatable bonds is 3. The van der Waals surface area contributed by atoms with Crippen molar-refractivity contribution in [2.75, 3.05) is 13.1 Å². The second kappa shape index (κ2) is 5.97. The van der Waals surface area contributed by atoms with Crippen LogP contribution < -0.4 is 0 Å². The van der Waals surface area contributed by atoms with Crippen molar-refractivity contribution < 1.29 is 17.2 Å². The minimum atomic E-state index is -3.97. The largest absolute Gasteiger partial charge is 0.263 e. The molecule has 0 unspecified atom stereocenters. The molecule has 9 heteroatoms. The van der Waals surface area contributed by atoms with Crippen molar-refractivity contribution in [1.29, 1.82) is 0 Å². The molecule has 2 heterocycles. The lowest BCUT2D eigenvalue weighted by molar-refractivity contribution is 0.312. The number of aryl methyl sites for hydroxylation is 1. The van der Waals surface area contributed by atoms with Crippen LogP contribution in [0.15, 0.2) is 23.1 Å². The van der Waals surface area contributed by atoms with Crippen LogP contribution in [0.3, 0.4) is 0 Å². The van der Waals surface area contributed by atoms with Gasteiger partial charge in [0.15, 0.2) is 5.82 Å². The fourth-order valence-electron chi connectivity index (χ4n) is 2.72. The molecule has 1 N–H and O–H groups in total. The smallest absolute Gasteiger partial charge is 0.245 e. The molecule has 0 aliphatic carbocycles. The Bertz CT molecular complexity index is 814. The number of halogens is 2. The highest BCUT2D eigenvalue weighted by Gasteiger charge is 2.32. The van der Waals surface area contributed by atoms with Gasteiger partial charge in [-0.05, 0) is 31.9 Å². The number of sulfonamides is 1. The zero-order valence-electron chi connectivity index (χ0n) is 12.5. The van der Waals surface area contributed by atoms with E-state index in [1.807, 2.05) is 0 Å². The molecule has 1 aliphatic heterocycles. The number of H-pyrrole nitrogens is 1. The molecule has 0 radical (unpaired) electrons. The van der Waals surface area contributed by atoms with Crippen LogP contribution in [0.1, 0.15) is 30.4 Å². The van der Waals surface area contributed by atoms with Crippen molar-refractivity contribution >= 4 is 10.0 Å². The van der Waals surface area contributed by atoms with E-state index in [0.717, 1.165) is 12.1 Å². The Morgan fingerprint density at radius 1 is 1.26 bits per heavy atom. The van der Waals surface area contributed by atoms with E-state index >= 15 is 0 Å². The second-order valence-corrected chi connectivity index (χ2v) is 7.44. The molecular weight excluding hydrogens is 326 g/mol. The predicted molar refractivity (Wildman–Crippen MR) is 78.2 cm³/mol. The number of benzene rings is 1. The lowest BCUT2D eigenvalue weighted by atomic mass is 9.98. The van der Waals surface area contributed by atoms with Crippen molar-refractivity contribution in [1.82, 2.24) is 19.5 Å². The number of hydrogen-bond donors (Lipinski definition) is 1. The van der Waals surface area contributed by atoms with Gasteiger partial charge in [0, 0.05) is 25.1 Å². The maximum Gasteiger partial charge on any atom is 0.245 e. The van der Waals surface area contributed by atoms with Crippen molar-refractivity contribution in [2.24, 2.45) is 0 Å². The molecule has 0 spiro atoms. The van der Waals surface area contributed by atoms with Gasteiger partial charge in [-0.1, -0.05) is 0 Å². The van der Waals surface area contributed by atoms with Crippen molar-refractivity contribution in [3.8, 4) is 0 Å². The van der Waals surface area contributed by atoms with Crippen molar-refractivity contribution in [2.45, 2.75) is 30.6 Å². The standard InChI is InChI=1S/C14H16F2N4O2S/c1-9-17-14(19-18-9)10-4-6-20(7-5-10)23(21,22)13-3-2-11(15)8-12(13)16/h2-3,8,10H,4-7H2,1H3,(H,17,18,19). The molecule has 23 heavy (non-hydrogen) atoms. The average Bonchev–Trinajstić information content (AvgIpc) is 2.93. The Labute approximate surface area is 132 Å². The van der Waals surface area contributed by atoms with Gasteiger partial charge in [-0.3, -0.25) is 5.10 Å². The molecule has 0 amide bonds. The fourth-order valence-corrected chi connectivity index (χ4v) is 4.24. The van der Waals surface area contributed by atoms with Gasteiger partial charge in [-0.2, -0.15) is 9.40 Å². The first-order chi connectivity index (χ1) is 10.9. The summed E-state index contributed by atoms with van der Waals surface area (Å²) in [5.74, 6) is -0.419. The van der Waals surface area contributed by atoms with Crippen LogP contribution in [-0.4, -0.2) is 41.0 Å². The first kappa shape index (κ1) is 16.0. The van der Waals surface area contributed by atoms with E-state index in [2.05, 4.69) is 15.2 Å². The minimum Gasteiger partial charge on any atom is -0.263 e. The van der Waals surface area contributed by atoms with E-state index in [9.17, 15) is 17.2 Å². The summed E-state index contributed by atoms with van der Waals surface area (Å²) in [6, 6.07) is 2.49. The van der Waals surface area contributed by atoms with Gasteiger partial charge in [0.25, 0.3) is 0 Å². The molecule has 0 saturated carbocycles. The zero-order valence-corrected chi connectivity index (χ0v) is 13.3. The van der Waals surface area contributed by atoms with E-state index in [-0.39, 0.29) is 19.0 Å². The molecule has 0 atom stereocenters. The van der Waals surface area contributed by atoms with Gasteiger partial charge in [0.1, 0.15) is 22.4 Å². The Balaban J connectivity index is 1.76. The monoisotopic (exact) mass is 342 g/mol. The molecule has 1 aromatic heterocycles. The first-order valence-electron chi connectivity index (χ1n) is 7.22. The Kier molecular flexibility index (Phi) is 4.15. The van der Waals surface area contributed by atoms with Gasteiger partial charge >= 0.3 is 0 Å². The van der Waals surface area contributed by atoms with Gasteiger partial charge in [0.05, 0.1) is 0 Å². The topological polar surface area (TPSA) is 79.0 Å². The van der Waals surface area contributed by atoms with E-state index in [1.165, 1.54) is 4.31 Å². The quantitative estimate of drug-likeness (QED) is 0.925. The van der Waals surface area contributed by atoms with Crippen LogP contribution in [0.25, 0.3) is 0 Å². The molecule has 0 bridgehead atoms. The maximum absolute atomic E-state index is 13.8. The highest BCUT2D eigenvalue weighted by atomic mass is 32.2. The molecule has 1 aromatic carbocycles. The molecular formula is C14H16F2N4O2S. The fraction of sp³-hybridized carbons (Fsp3) is 0.429. The van der Waals surface area contributed by atoms with Crippen LogP contribution in [0.5, 0.6) is 0 Å². The van der Waals surface area contributed by atoms with Crippen LogP contribution >= 0.6 is 0 Å². The van der Waals surface area contributed by atoms with Crippen molar-refractivity contribution in [3.05, 3.63) is 41.5 Å². The Morgan fingerprint density at radius 3 is 2.52 bits per heavy atom. The lowest BCUT2D eigenvalue weighted by Gasteiger charge is -2.30. The zero-order chi connectivity index (χ0) is 16.6. The molecule has 1 saturated heterocycles. The SMILES string of the molecule is Cc1nc(C2CCN(S(=O)(=O)c3ccc(F)cc3F)CC2)n[nH]1. The maximum atomic E-state index is 13.8. The number of aromatic amines is 1. The van der Waals surface area contributed by atoms with Gasteiger partial charge in [0.2, 0.25) is 10.0 Å². The summed E-state index contributed by atoms with van der Waals surface area (Å²) in [6.07, 6.45) is 1.11. The summed E-state index contributed by atoms with van der Waals surface area (Å²) < 4.78 is 52.9. The summed E-state index contributed by atoms with van der Waals surface area (Å²) in [4.78, 5) is 3.77. The summed E-state index contributed by atoms with van der Waals surface area (Å²) in [7, 11) is -3.97.